The first-order valence-electron chi connectivity index (χ1n) is 6.61. The van der Waals surface area contributed by atoms with E-state index in [1.807, 2.05) is 0 Å². The summed E-state index contributed by atoms with van der Waals surface area (Å²) in [4.78, 5) is 22.8. The van der Waals surface area contributed by atoms with E-state index in [0.717, 1.165) is 12.1 Å². The number of nitrogens with two attached hydrogens (primary N) is 1. The summed E-state index contributed by atoms with van der Waals surface area (Å²) < 4.78 is 37.8. The maximum atomic E-state index is 12.6. The number of urea groups is 1. The molecule has 22 heavy (non-hydrogen) atoms. The Hall–Kier alpha value is -2.25. The van der Waals surface area contributed by atoms with Crippen LogP contribution in [-0.4, -0.2) is 18.0 Å². The van der Waals surface area contributed by atoms with E-state index >= 15 is 0 Å². The zero-order valence-corrected chi connectivity index (χ0v) is 12.2. The number of hydrogen-bond acceptors (Lipinski definition) is 2. The SMILES string of the molecule is CC(C)[C@H](NC(N)=O)C(=O)NCc1cccc(C(F)(F)F)c1. The van der Waals surface area contributed by atoms with Crippen molar-refractivity contribution < 1.29 is 22.8 Å². The molecule has 0 saturated carbocycles. The lowest BCUT2D eigenvalue weighted by atomic mass is 10.0. The Bertz CT molecular complexity index is 544. The monoisotopic (exact) mass is 317 g/mol. The number of alkyl halides is 3. The van der Waals surface area contributed by atoms with Crippen LogP contribution in [0.3, 0.4) is 0 Å². The number of nitrogens with one attached hydrogen (secondary N) is 2. The summed E-state index contributed by atoms with van der Waals surface area (Å²) in [6.07, 6.45) is -4.44. The van der Waals surface area contributed by atoms with Gasteiger partial charge in [0.1, 0.15) is 6.04 Å². The molecule has 4 N–H and O–H groups in total. The lowest BCUT2D eigenvalue weighted by Crippen LogP contribution is -2.51. The van der Waals surface area contributed by atoms with Gasteiger partial charge in [0.05, 0.1) is 5.56 Å². The number of amides is 3. The molecule has 1 aromatic rings. The maximum Gasteiger partial charge on any atom is 0.416 e. The van der Waals surface area contributed by atoms with Gasteiger partial charge in [0, 0.05) is 6.54 Å². The molecule has 0 unspecified atom stereocenters. The van der Waals surface area contributed by atoms with Crippen LogP contribution in [0.15, 0.2) is 24.3 Å². The van der Waals surface area contributed by atoms with Crippen molar-refractivity contribution in [3.8, 4) is 0 Å². The second-order valence-corrected chi connectivity index (χ2v) is 5.15. The molecular formula is C14H18F3N3O2. The molecule has 122 valence electrons. The van der Waals surface area contributed by atoms with Crippen LogP contribution in [0, 0.1) is 5.92 Å². The van der Waals surface area contributed by atoms with Crippen molar-refractivity contribution in [2.75, 3.05) is 0 Å². The van der Waals surface area contributed by atoms with Crippen molar-refractivity contribution in [2.24, 2.45) is 11.7 Å². The van der Waals surface area contributed by atoms with Crippen molar-refractivity contribution in [1.29, 1.82) is 0 Å². The molecule has 3 amide bonds. The van der Waals surface area contributed by atoms with Gasteiger partial charge < -0.3 is 16.4 Å². The third-order valence-electron chi connectivity index (χ3n) is 2.97. The van der Waals surface area contributed by atoms with Crippen molar-refractivity contribution in [1.82, 2.24) is 10.6 Å². The molecule has 5 nitrogen and oxygen atoms in total. The minimum Gasteiger partial charge on any atom is -0.352 e. The number of carbonyl (C=O) groups is 2. The van der Waals surface area contributed by atoms with Crippen LogP contribution in [0.4, 0.5) is 18.0 Å². The number of benzene rings is 1. The molecule has 0 fully saturated rings. The zero-order chi connectivity index (χ0) is 16.9. The van der Waals surface area contributed by atoms with E-state index in [1.165, 1.54) is 12.1 Å². The summed E-state index contributed by atoms with van der Waals surface area (Å²) in [6.45, 7) is 3.35. The molecule has 0 spiro atoms. The molecule has 0 radical (unpaired) electrons. The number of primary amides is 1. The molecule has 0 saturated heterocycles. The standard InChI is InChI=1S/C14H18F3N3O2/c1-8(2)11(20-13(18)22)12(21)19-7-9-4-3-5-10(6-9)14(15,16)17/h3-6,8,11H,7H2,1-2H3,(H,19,21)(H3,18,20,22)/t11-/m0/s1. The second kappa shape index (κ2) is 7.15. The fourth-order valence-electron chi connectivity index (χ4n) is 1.84. The molecule has 8 heteroatoms. The molecule has 0 aromatic heterocycles. The normalized spacial score (nSPS) is 12.8. The highest BCUT2D eigenvalue weighted by Gasteiger charge is 2.30. The van der Waals surface area contributed by atoms with Crippen molar-refractivity contribution in [3.05, 3.63) is 35.4 Å². The summed E-state index contributed by atoms with van der Waals surface area (Å²) in [5.41, 5.74) is 4.52. The van der Waals surface area contributed by atoms with Gasteiger partial charge in [0.15, 0.2) is 0 Å². The Kier molecular flexibility index (Phi) is 5.78. The quantitative estimate of drug-likeness (QED) is 0.776. The Morgan fingerprint density at radius 3 is 2.41 bits per heavy atom. The van der Waals surface area contributed by atoms with Crippen LogP contribution in [0.2, 0.25) is 0 Å². The fraction of sp³-hybridized carbons (Fsp3) is 0.429. The molecular weight excluding hydrogens is 299 g/mol. The van der Waals surface area contributed by atoms with Gasteiger partial charge in [-0.1, -0.05) is 26.0 Å². The van der Waals surface area contributed by atoms with Gasteiger partial charge in [-0.2, -0.15) is 13.2 Å². The van der Waals surface area contributed by atoms with Crippen LogP contribution in [0.25, 0.3) is 0 Å². The Balaban J connectivity index is 2.72. The van der Waals surface area contributed by atoms with Gasteiger partial charge in [-0.3, -0.25) is 4.79 Å². The molecule has 1 atom stereocenters. The second-order valence-electron chi connectivity index (χ2n) is 5.15. The first-order valence-corrected chi connectivity index (χ1v) is 6.61. The van der Waals surface area contributed by atoms with E-state index in [0.29, 0.717) is 5.56 Å². The Morgan fingerprint density at radius 1 is 1.27 bits per heavy atom. The summed E-state index contributed by atoms with van der Waals surface area (Å²) in [6, 6.07) is 2.98. The highest BCUT2D eigenvalue weighted by molar-refractivity contribution is 5.86. The van der Waals surface area contributed by atoms with Crippen LogP contribution in [-0.2, 0) is 17.5 Å². The van der Waals surface area contributed by atoms with Crippen LogP contribution < -0.4 is 16.4 Å². The average Bonchev–Trinajstić information content (AvgIpc) is 2.41. The van der Waals surface area contributed by atoms with Crippen molar-refractivity contribution in [3.63, 3.8) is 0 Å². The Labute approximate surface area is 126 Å². The summed E-state index contributed by atoms with van der Waals surface area (Å²) in [5.74, 6) is -0.722. The van der Waals surface area contributed by atoms with E-state index in [-0.39, 0.29) is 12.5 Å². The third-order valence-corrected chi connectivity index (χ3v) is 2.97. The van der Waals surface area contributed by atoms with E-state index in [4.69, 9.17) is 5.73 Å². The van der Waals surface area contributed by atoms with E-state index in [9.17, 15) is 22.8 Å². The molecule has 1 aromatic carbocycles. The van der Waals surface area contributed by atoms with Gasteiger partial charge in [0.2, 0.25) is 5.91 Å². The number of halogens is 3. The lowest BCUT2D eigenvalue weighted by molar-refractivity contribution is -0.137. The zero-order valence-electron chi connectivity index (χ0n) is 12.2. The minimum absolute atomic E-state index is 0.0770. The first kappa shape index (κ1) is 17.8. The predicted octanol–water partition coefficient (Wildman–Crippen LogP) is 2.01. The van der Waals surface area contributed by atoms with E-state index in [1.54, 1.807) is 13.8 Å². The molecule has 0 bridgehead atoms. The van der Waals surface area contributed by atoms with E-state index < -0.39 is 29.7 Å². The molecule has 1 rings (SSSR count). The fourth-order valence-corrected chi connectivity index (χ4v) is 1.84. The summed E-state index contributed by atoms with van der Waals surface area (Å²) in [7, 11) is 0. The van der Waals surface area contributed by atoms with Gasteiger partial charge in [-0.15, -0.1) is 0 Å². The number of hydrogen-bond donors (Lipinski definition) is 3. The van der Waals surface area contributed by atoms with Gasteiger partial charge in [-0.25, -0.2) is 4.79 Å². The third kappa shape index (κ3) is 5.27. The lowest BCUT2D eigenvalue weighted by Gasteiger charge is -2.20. The van der Waals surface area contributed by atoms with Crippen LogP contribution in [0.5, 0.6) is 0 Å². The summed E-state index contributed by atoms with van der Waals surface area (Å²) >= 11 is 0. The number of rotatable bonds is 5. The smallest absolute Gasteiger partial charge is 0.352 e. The first-order chi connectivity index (χ1) is 10.1. The van der Waals surface area contributed by atoms with Gasteiger partial charge in [-0.05, 0) is 23.6 Å². The molecule has 0 aliphatic carbocycles. The molecule has 0 aliphatic heterocycles. The molecule has 0 aliphatic rings. The van der Waals surface area contributed by atoms with Crippen LogP contribution in [0.1, 0.15) is 25.0 Å². The number of carbonyl (C=O) groups excluding carboxylic acids is 2. The van der Waals surface area contributed by atoms with Crippen LogP contribution >= 0.6 is 0 Å². The highest BCUT2D eigenvalue weighted by atomic mass is 19.4. The average molecular weight is 317 g/mol. The van der Waals surface area contributed by atoms with Crippen molar-refractivity contribution in [2.45, 2.75) is 32.6 Å². The maximum absolute atomic E-state index is 12.6. The topological polar surface area (TPSA) is 84.2 Å². The van der Waals surface area contributed by atoms with E-state index in [2.05, 4.69) is 10.6 Å². The van der Waals surface area contributed by atoms with Crippen molar-refractivity contribution >= 4 is 11.9 Å². The van der Waals surface area contributed by atoms with Gasteiger partial charge >= 0.3 is 12.2 Å². The predicted molar refractivity (Wildman–Crippen MR) is 74.6 cm³/mol. The summed E-state index contributed by atoms with van der Waals surface area (Å²) in [5, 5.41) is 4.79. The Morgan fingerprint density at radius 2 is 1.91 bits per heavy atom. The largest absolute Gasteiger partial charge is 0.416 e. The van der Waals surface area contributed by atoms with Gasteiger partial charge in [0.25, 0.3) is 0 Å². The minimum atomic E-state index is -4.44. The highest BCUT2D eigenvalue weighted by Crippen LogP contribution is 2.29. The molecule has 0 heterocycles.